The molecule has 0 saturated heterocycles. The van der Waals surface area contributed by atoms with Gasteiger partial charge in [0, 0.05) is 16.8 Å². The van der Waals surface area contributed by atoms with Crippen LogP contribution in [0.2, 0.25) is 10.3 Å². The van der Waals surface area contributed by atoms with Crippen molar-refractivity contribution in [1.29, 1.82) is 0 Å². The molecule has 0 bridgehead atoms. The Hall–Kier alpha value is -2.39. The largest absolute Gasteiger partial charge is 0.434 e. The standard InChI is InChI=1S/C13H7Cl2F3N4O2/c14-7-3-1-6(2-4-7)10(19)22-24-11(23)8-5-20-12(15)21-9(8)13(16,17)18/h1-5H,(H2,19,22). The predicted molar refractivity (Wildman–Crippen MR) is 79.6 cm³/mol. The van der Waals surface area contributed by atoms with Crippen molar-refractivity contribution in [3.63, 3.8) is 0 Å². The van der Waals surface area contributed by atoms with Crippen LogP contribution < -0.4 is 5.73 Å². The lowest BCUT2D eigenvalue weighted by molar-refractivity contribution is -0.141. The topological polar surface area (TPSA) is 90.5 Å². The summed E-state index contributed by atoms with van der Waals surface area (Å²) >= 11 is 11.0. The number of hydrogen-bond acceptors (Lipinski definition) is 5. The number of carbonyl (C=O) groups is 1. The second-order valence-electron chi connectivity index (χ2n) is 4.26. The predicted octanol–water partition coefficient (Wildman–Crippen LogP) is 3.28. The van der Waals surface area contributed by atoms with E-state index in [0.29, 0.717) is 16.8 Å². The van der Waals surface area contributed by atoms with Gasteiger partial charge in [-0.3, -0.25) is 0 Å². The van der Waals surface area contributed by atoms with Gasteiger partial charge in [-0.15, -0.1) is 0 Å². The van der Waals surface area contributed by atoms with Gasteiger partial charge in [-0.25, -0.2) is 14.8 Å². The molecule has 1 aromatic heterocycles. The molecule has 0 atom stereocenters. The molecule has 2 rings (SSSR count). The van der Waals surface area contributed by atoms with Crippen molar-refractivity contribution >= 4 is 35.0 Å². The summed E-state index contributed by atoms with van der Waals surface area (Å²) in [6.45, 7) is 0. The van der Waals surface area contributed by atoms with Crippen LogP contribution in [0.25, 0.3) is 0 Å². The smallest absolute Gasteiger partial charge is 0.380 e. The molecule has 24 heavy (non-hydrogen) atoms. The van der Waals surface area contributed by atoms with E-state index in [9.17, 15) is 18.0 Å². The fourth-order valence-corrected chi connectivity index (χ4v) is 1.80. The quantitative estimate of drug-likeness (QED) is 0.291. The summed E-state index contributed by atoms with van der Waals surface area (Å²) in [5.74, 6) is -1.67. The second kappa shape index (κ2) is 7.02. The maximum Gasteiger partial charge on any atom is 0.434 e. The SMILES string of the molecule is N/C(=N\OC(=O)c1cnc(Cl)nc1C(F)(F)F)c1ccc(Cl)cc1. The number of alkyl halides is 3. The molecule has 6 nitrogen and oxygen atoms in total. The van der Waals surface area contributed by atoms with Crippen molar-refractivity contribution in [1.82, 2.24) is 9.97 Å². The lowest BCUT2D eigenvalue weighted by atomic mass is 10.2. The van der Waals surface area contributed by atoms with Crippen LogP contribution in [0.15, 0.2) is 35.6 Å². The van der Waals surface area contributed by atoms with Crippen molar-refractivity contribution in [3.8, 4) is 0 Å². The summed E-state index contributed by atoms with van der Waals surface area (Å²) < 4.78 is 38.6. The van der Waals surface area contributed by atoms with E-state index >= 15 is 0 Å². The van der Waals surface area contributed by atoms with Gasteiger partial charge in [0.25, 0.3) is 0 Å². The number of aromatic nitrogens is 2. The highest BCUT2D eigenvalue weighted by Gasteiger charge is 2.38. The Morgan fingerprint density at radius 2 is 1.83 bits per heavy atom. The molecule has 0 spiro atoms. The average molecular weight is 379 g/mol. The fraction of sp³-hybridized carbons (Fsp3) is 0.0769. The monoisotopic (exact) mass is 378 g/mol. The highest BCUT2D eigenvalue weighted by molar-refractivity contribution is 6.30. The summed E-state index contributed by atoms with van der Waals surface area (Å²) in [6, 6.07) is 5.99. The van der Waals surface area contributed by atoms with E-state index in [1.807, 2.05) is 0 Å². The number of oxime groups is 1. The first-order chi connectivity index (χ1) is 11.2. The molecule has 11 heteroatoms. The number of hydrogen-bond donors (Lipinski definition) is 1. The van der Waals surface area contributed by atoms with Crippen molar-refractivity contribution in [2.24, 2.45) is 10.9 Å². The highest BCUT2D eigenvalue weighted by atomic mass is 35.5. The third kappa shape index (κ3) is 4.33. The molecular formula is C13H7Cl2F3N4O2. The second-order valence-corrected chi connectivity index (χ2v) is 5.04. The van der Waals surface area contributed by atoms with Gasteiger partial charge in [-0.2, -0.15) is 13.2 Å². The van der Waals surface area contributed by atoms with Crippen LogP contribution >= 0.6 is 23.2 Å². The van der Waals surface area contributed by atoms with Gasteiger partial charge in [-0.05, 0) is 35.9 Å². The first-order valence-electron chi connectivity index (χ1n) is 6.09. The average Bonchev–Trinajstić information content (AvgIpc) is 2.52. The van der Waals surface area contributed by atoms with Crippen LogP contribution in [0.5, 0.6) is 0 Å². The van der Waals surface area contributed by atoms with E-state index in [2.05, 4.69) is 20.0 Å². The number of benzene rings is 1. The maximum absolute atomic E-state index is 12.9. The zero-order chi connectivity index (χ0) is 17.9. The van der Waals surface area contributed by atoms with Crippen LogP contribution in [-0.4, -0.2) is 21.8 Å². The summed E-state index contributed by atoms with van der Waals surface area (Å²) in [5.41, 5.74) is 3.45. The molecule has 1 aromatic carbocycles. The zero-order valence-corrected chi connectivity index (χ0v) is 13.0. The van der Waals surface area contributed by atoms with Gasteiger partial charge in [0.15, 0.2) is 11.5 Å². The van der Waals surface area contributed by atoms with Crippen LogP contribution in [0.1, 0.15) is 21.6 Å². The Kier molecular flexibility index (Phi) is 5.25. The third-order valence-electron chi connectivity index (χ3n) is 2.61. The lowest BCUT2D eigenvalue weighted by Gasteiger charge is -2.09. The Morgan fingerprint density at radius 1 is 1.21 bits per heavy atom. The molecule has 0 saturated carbocycles. The van der Waals surface area contributed by atoms with Crippen LogP contribution in [0, 0.1) is 0 Å². The van der Waals surface area contributed by atoms with E-state index in [1.54, 1.807) is 0 Å². The molecule has 2 aromatic rings. The highest BCUT2D eigenvalue weighted by Crippen LogP contribution is 2.31. The van der Waals surface area contributed by atoms with E-state index in [1.165, 1.54) is 24.3 Å². The van der Waals surface area contributed by atoms with Crippen molar-refractivity contribution in [3.05, 3.63) is 57.6 Å². The molecule has 0 aliphatic heterocycles. The van der Waals surface area contributed by atoms with Crippen LogP contribution in [0.4, 0.5) is 13.2 Å². The van der Waals surface area contributed by atoms with E-state index < -0.39 is 28.7 Å². The molecule has 0 radical (unpaired) electrons. The van der Waals surface area contributed by atoms with E-state index in [-0.39, 0.29) is 5.84 Å². The summed E-state index contributed by atoms with van der Waals surface area (Å²) in [5, 5.41) is 3.07. The summed E-state index contributed by atoms with van der Waals surface area (Å²) in [6.07, 6.45) is -4.33. The minimum atomic E-state index is -4.92. The van der Waals surface area contributed by atoms with Crippen LogP contribution in [-0.2, 0) is 11.0 Å². The minimum absolute atomic E-state index is 0.233. The molecule has 0 unspecified atom stereocenters. The summed E-state index contributed by atoms with van der Waals surface area (Å²) in [7, 11) is 0. The fourth-order valence-electron chi connectivity index (χ4n) is 1.54. The number of rotatable bonds is 3. The van der Waals surface area contributed by atoms with Gasteiger partial charge in [0.1, 0.15) is 5.56 Å². The van der Waals surface area contributed by atoms with Crippen LogP contribution in [0.3, 0.4) is 0 Å². The van der Waals surface area contributed by atoms with Gasteiger partial charge in [0.05, 0.1) is 0 Å². The number of nitrogens with two attached hydrogens (primary N) is 1. The number of amidine groups is 1. The number of halogens is 5. The third-order valence-corrected chi connectivity index (χ3v) is 3.05. The Bertz CT molecular complexity index is 795. The normalized spacial score (nSPS) is 12.1. The van der Waals surface area contributed by atoms with Crippen molar-refractivity contribution in [2.75, 3.05) is 0 Å². The van der Waals surface area contributed by atoms with Gasteiger partial charge >= 0.3 is 12.1 Å². The van der Waals surface area contributed by atoms with Gasteiger partial charge < -0.3 is 10.6 Å². The molecule has 0 aliphatic carbocycles. The summed E-state index contributed by atoms with van der Waals surface area (Å²) in [4.78, 5) is 22.5. The molecule has 0 amide bonds. The molecule has 126 valence electrons. The Balaban J connectivity index is 2.24. The Labute approximate surface area is 143 Å². The number of nitrogens with zero attached hydrogens (tertiary/aromatic N) is 3. The van der Waals surface area contributed by atoms with Gasteiger partial charge in [0.2, 0.25) is 5.28 Å². The van der Waals surface area contributed by atoms with Gasteiger partial charge in [-0.1, -0.05) is 16.8 Å². The van der Waals surface area contributed by atoms with Crippen molar-refractivity contribution < 1.29 is 22.8 Å². The first-order valence-corrected chi connectivity index (χ1v) is 6.84. The molecule has 1 heterocycles. The number of carbonyl (C=O) groups excluding carboxylic acids is 1. The van der Waals surface area contributed by atoms with E-state index in [0.717, 1.165) is 0 Å². The maximum atomic E-state index is 12.9. The van der Waals surface area contributed by atoms with E-state index in [4.69, 9.17) is 28.9 Å². The molecule has 0 fully saturated rings. The molecule has 0 aliphatic rings. The Morgan fingerprint density at radius 3 is 2.42 bits per heavy atom. The first kappa shape index (κ1) is 18.0. The lowest BCUT2D eigenvalue weighted by Crippen LogP contribution is -2.19. The molecule has 2 N–H and O–H groups in total. The molecular weight excluding hydrogens is 372 g/mol. The van der Waals surface area contributed by atoms with Crippen molar-refractivity contribution in [2.45, 2.75) is 6.18 Å². The zero-order valence-electron chi connectivity index (χ0n) is 11.5. The minimum Gasteiger partial charge on any atom is -0.380 e.